The first-order valence-corrected chi connectivity index (χ1v) is 5.32. The maximum Gasteiger partial charge on any atom is 0.144 e. The van der Waals surface area contributed by atoms with Crippen molar-refractivity contribution in [3.8, 4) is 5.75 Å². The first kappa shape index (κ1) is 11.5. The van der Waals surface area contributed by atoms with Gasteiger partial charge in [0.25, 0.3) is 0 Å². The number of phenolic OH excluding ortho intramolecular Hbond substituents is 1. The van der Waals surface area contributed by atoms with Crippen molar-refractivity contribution in [1.82, 2.24) is 0 Å². The lowest BCUT2D eigenvalue weighted by Gasteiger charge is -2.05. The zero-order valence-electron chi connectivity index (χ0n) is 7.76. The number of hydrogen-bond donors (Lipinski definition) is 2. The van der Waals surface area contributed by atoms with Gasteiger partial charge in [-0.15, -0.1) is 0 Å². The van der Waals surface area contributed by atoms with Crippen molar-refractivity contribution < 1.29 is 9.50 Å². The number of aryl methyl sites for hydroxylation is 1. The Labute approximate surface area is 91.1 Å². The molecule has 78 valence electrons. The molecule has 0 saturated heterocycles. The zero-order valence-corrected chi connectivity index (χ0v) is 9.35. The minimum atomic E-state index is -0.373. The molecule has 0 aliphatic heterocycles. The van der Waals surface area contributed by atoms with Crippen LogP contribution < -0.4 is 5.73 Å². The highest BCUT2D eigenvalue weighted by molar-refractivity contribution is 9.10. The molecule has 0 aliphatic rings. The molecule has 0 bridgehead atoms. The van der Waals surface area contributed by atoms with Gasteiger partial charge in [0.1, 0.15) is 11.6 Å². The summed E-state index contributed by atoms with van der Waals surface area (Å²) in [6, 6.07) is 3.09. The number of nitrogens with two attached hydrogens (primary N) is 1. The number of benzene rings is 1. The summed E-state index contributed by atoms with van der Waals surface area (Å²) in [6.45, 7) is 0.626. The Balaban J connectivity index is 2.73. The maximum atomic E-state index is 13.5. The van der Waals surface area contributed by atoms with E-state index < -0.39 is 0 Å². The lowest BCUT2D eigenvalue weighted by molar-refractivity contribution is 0.462. The third kappa shape index (κ3) is 2.69. The van der Waals surface area contributed by atoms with Crippen LogP contribution in [-0.2, 0) is 6.42 Å². The molecule has 0 unspecified atom stereocenters. The topological polar surface area (TPSA) is 46.2 Å². The maximum absolute atomic E-state index is 13.5. The molecule has 0 heterocycles. The van der Waals surface area contributed by atoms with Crippen LogP contribution in [0.2, 0.25) is 0 Å². The molecule has 1 aromatic carbocycles. The zero-order chi connectivity index (χ0) is 10.6. The molecule has 0 radical (unpaired) electrons. The van der Waals surface area contributed by atoms with Crippen LogP contribution in [0.15, 0.2) is 16.6 Å². The molecule has 0 atom stereocenters. The van der Waals surface area contributed by atoms with Gasteiger partial charge in [0, 0.05) is 0 Å². The summed E-state index contributed by atoms with van der Waals surface area (Å²) < 4.78 is 13.6. The second kappa shape index (κ2) is 5.32. The molecule has 0 amide bonds. The molecule has 0 aliphatic carbocycles. The van der Waals surface area contributed by atoms with Crippen LogP contribution in [0.1, 0.15) is 18.4 Å². The molecule has 14 heavy (non-hydrogen) atoms. The smallest absolute Gasteiger partial charge is 0.144 e. The summed E-state index contributed by atoms with van der Waals surface area (Å²) in [6.07, 6.45) is 2.41. The third-order valence-corrected chi connectivity index (χ3v) is 2.80. The van der Waals surface area contributed by atoms with Crippen molar-refractivity contribution in [2.45, 2.75) is 19.3 Å². The molecule has 2 nitrogen and oxygen atoms in total. The van der Waals surface area contributed by atoms with Crippen molar-refractivity contribution in [3.63, 3.8) is 0 Å². The van der Waals surface area contributed by atoms with Gasteiger partial charge in [0.05, 0.1) is 4.47 Å². The van der Waals surface area contributed by atoms with Gasteiger partial charge < -0.3 is 10.8 Å². The summed E-state index contributed by atoms with van der Waals surface area (Å²) in [5.74, 6) is -0.438. The van der Waals surface area contributed by atoms with E-state index in [1.165, 1.54) is 6.07 Å². The van der Waals surface area contributed by atoms with Crippen molar-refractivity contribution in [3.05, 3.63) is 28.0 Å². The van der Waals surface area contributed by atoms with Crippen LogP contribution in [0, 0.1) is 5.82 Å². The quantitative estimate of drug-likeness (QED) is 0.819. The van der Waals surface area contributed by atoms with Gasteiger partial charge in [-0.3, -0.25) is 0 Å². The van der Waals surface area contributed by atoms with Crippen molar-refractivity contribution >= 4 is 15.9 Å². The third-order valence-electron chi connectivity index (χ3n) is 2.04. The first-order chi connectivity index (χ1) is 6.66. The standard InChI is InChI=1S/C10H13BrFNO/c11-9-8(14)5-4-7(10(9)12)3-1-2-6-13/h4-5,14H,1-3,6,13H2. The fourth-order valence-corrected chi connectivity index (χ4v) is 1.62. The molecule has 1 aromatic rings. The summed E-state index contributed by atoms with van der Waals surface area (Å²) in [5.41, 5.74) is 5.96. The molecule has 0 aromatic heterocycles. The Morgan fingerprint density at radius 2 is 2.07 bits per heavy atom. The fourth-order valence-electron chi connectivity index (χ4n) is 1.23. The van der Waals surface area contributed by atoms with Crippen LogP contribution in [-0.4, -0.2) is 11.7 Å². The average molecular weight is 262 g/mol. The van der Waals surface area contributed by atoms with Gasteiger partial charge >= 0.3 is 0 Å². The number of halogens is 2. The predicted octanol–water partition coefficient (Wildman–Crippen LogP) is 2.58. The Morgan fingerprint density at radius 3 is 2.71 bits per heavy atom. The molecule has 3 N–H and O–H groups in total. The minimum absolute atomic E-state index is 0.0647. The van der Waals surface area contributed by atoms with Crippen LogP contribution in [0.5, 0.6) is 5.75 Å². The number of unbranched alkanes of at least 4 members (excludes halogenated alkanes) is 1. The number of rotatable bonds is 4. The van der Waals surface area contributed by atoms with Crippen LogP contribution in [0.3, 0.4) is 0 Å². The summed E-state index contributed by atoms with van der Waals surface area (Å²) in [7, 11) is 0. The van der Waals surface area contributed by atoms with Crippen molar-refractivity contribution in [2.75, 3.05) is 6.54 Å². The highest BCUT2D eigenvalue weighted by Gasteiger charge is 2.09. The molecular weight excluding hydrogens is 249 g/mol. The first-order valence-electron chi connectivity index (χ1n) is 4.52. The fraction of sp³-hybridized carbons (Fsp3) is 0.400. The molecule has 0 fully saturated rings. The van der Waals surface area contributed by atoms with E-state index in [0.29, 0.717) is 18.5 Å². The number of aromatic hydroxyl groups is 1. The summed E-state index contributed by atoms with van der Waals surface area (Å²) in [5, 5.41) is 9.19. The molecule has 4 heteroatoms. The molecule has 0 saturated carbocycles. The Kier molecular flexibility index (Phi) is 4.35. The molecule has 1 rings (SSSR count). The largest absolute Gasteiger partial charge is 0.507 e. The molecule has 0 spiro atoms. The highest BCUT2D eigenvalue weighted by Crippen LogP contribution is 2.29. The van der Waals surface area contributed by atoms with E-state index in [0.717, 1.165) is 12.8 Å². The van der Waals surface area contributed by atoms with E-state index in [9.17, 15) is 9.50 Å². The predicted molar refractivity (Wildman–Crippen MR) is 57.8 cm³/mol. The lowest BCUT2D eigenvalue weighted by Crippen LogP contribution is -2.00. The van der Waals surface area contributed by atoms with E-state index in [4.69, 9.17) is 5.73 Å². The van der Waals surface area contributed by atoms with Crippen molar-refractivity contribution in [1.29, 1.82) is 0 Å². The van der Waals surface area contributed by atoms with Gasteiger partial charge in [0.2, 0.25) is 0 Å². The van der Waals surface area contributed by atoms with Crippen LogP contribution in [0.25, 0.3) is 0 Å². The highest BCUT2D eigenvalue weighted by atomic mass is 79.9. The van der Waals surface area contributed by atoms with Crippen LogP contribution >= 0.6 is 15.9 Å². The average Bonchev–Trinajstić information content (AvgIpc) is 2.18. The molecular formula is C10H13BrFNO. The Bertz CT molecular complexity index is 317. The second-order valence-electron chi connectivity index (χ2n) is 3.12. The van der Waals surface area contributed by atoms with Crippen LogP contribution in [0.4, 0.5) is 4.39 Å². The summed E-state index contributed by atoms with van der Waals surface area (Å²) in [4.78, 5) is 0. The summed E-state index contributed by atoms with van der Waals surface area (Å²) >= 11 is 2.99. The van der Waals surface area contributed by atoms with E-state index in [-0.39, 0.29) is 16.0 Å². The Hall–Kier alpha value is -0.610. The second-order valence-corrected chi connectivity index (χ2v) is 3.91. The van der Waals surface area contributed by atoms with Gasteiger partial charge in [-0.05, 0) is 53.4 Å². The van der Waals surface area contributed by atoms with E-state index in [1.807, 2.05) is 0 Å². The van der Waals surface area contributed by atoms with E-state index in [1.54, 1.807) is 6.07 Å². The lowest BCUT2D eigenvalue weighted by atomic mass is 10.1. The number of phenols is 1. The SMILES string of the molecule is NCCCCc1ccc(O)c(Br)c1F. The van der Waals surface area contributed by atoms with Gasteiger partial charge in [-0.1, -0.05) is 6.07 Å². The monoisotopic (exact) mass is 261 g/mol. The van der Waals surface area contributed by atoms with E-state index in [2.05, 4.69) is 15.9 Å². The van der Waals surface area contributed by atoms with Crippen molar-refractivity contribution in [2.24, 2.45) is 5.73 Å². The van der Waals surface area contributed by atoms with E-state index >= 15 is 0 Å². The number of hydrogen-bond acceptors (Lipinski definition) is 2. The normalized spacial score (nSPS) is 10.5. The Morgan fingerprint density at radius 1 is 1.36 bits per heavy atom. The van der Waals surface area contributed by atoms with Gasteiger partial charge in [-0.25, -0.2) is 4.39 Å². The van der Waals surface area contributed by atoms with Gasteiger partial charge in [-0.2, -0.15) is 0 Å². The van der Waals surface area contributed by atoms with Gasteiger partial charge in [0.15, 0.2) is 0 Å². The minimum Gasteiger partial charge on any atom is -0.507 e.